The summed E-state index contributed by atoms with van der Waals surface area (Å²) >= 11 is 0. The number of likely N-dealkylation sites (N-methyl/N-ethyl adjacent to an activating group) is 1. The Morgan fingerprint density at radius 3 is 2.52 bits per heavy atom. The number of hydrogen-bond donors (Lipinski definition) is 2. The molecule has 0 bridgehead atoms. The topological polar surface area (TPSA) is 52.6 Å². The molecule has 1 fully saturated rings. The van der Waals surface area contributed by atoms with Crippen LogP contribution >= 0.6 is 0 Å². The zero-order valence-electron chi connectivity index (χ0n) is 14.6. The van der Waals surface area contributed by atoms with Crippen molar-refractivity contribution in [1.29, 1.82) is 0 Å². The molecular formula is C19H30N2O2. The van der Waals surface area contributed by atoms with E-state index in [0.29, 0.717) is 12.5 Å². The molecule has 2 unspecified atom stereocenters. The third-order valence-electron chi connectivity index (χ3n) is 5.19. The summed E-state index contributed by atoms with van der Waals surface area (Å²) in [4.78, 5) is 14.6. The number of rotatable bonds is 6. The first-order valence-electron chi connectivity index (χ1n) is 8.80. The van der Waals surface area contributed by atoms with Crippen LogP contribution in [0.2, 0.25) is 0 Å². The molecule has 1 aromatic carbocycles. The highest BCUT2D eigenvalue weighted by Gasteiger charge is 2.38. The summed E-state index contributed by atoms with van der Waals surface area (Å²) in [5.74, 6) is 0.705. The number of nitrogens with one attached hydrogen (secondary N) is 1. The van der Waals surface area contributed by atoms with Crippen molar-refractivity contribution in [2.75, 3.05) is 19.6 Å². The molecular weight excluding hydrogens is 288 g/mol. The van der Waals surface area contributed by atoms with E-state index < -0.39 is 0 Å². The van der Waals surface area contributed by atoms with E-state index in [1.807, 2.05) is 12.1 Å². The maximum atomic E-state index is 12.5. The minimum atomic E-state index is -0.209. The largest absolute Gasteiger partial charge is 0.508 e. The molecule has 2 rings (SSSR count). The van der Waals surface area contributed by atoms with E-state index in [1.54, 1.807) is 12.1 Å². The van der Waals surface area contributed by atoms with Crippen molar-refractivity contribution in [3.63, 3.8) is 0 Å². The highest BCUT2D eigenvalue weighted by Crippen LogP contribution is 2.41. The van der Waals surface area contributed by atoms with Gasteiger partial charge in [0.1, 0.15) is 5.75 Å². The molecule has 4 nitrogen and oxygen atoms in total. The zero-order chi connectivity index (χ0) is 16.9. The van der Waals surface area contributed by atoms with Gasteiger partial charge in [0.05, 0.1) is 6.54 Å². The lowest BCUT2D eigenvalue weighted by molar-refractivity contribution is -0.124. The fourth-order valence-corrected chi connectivity index (χ4v) is 3.73. The Morgan fingerprint density at radius 1 is 1.26 bits per heavy atom. The average molecular weight is 318 g/mol. The Labute approximate surface area is 139 Å². The maximum Gasteiger partial charge on any atom is 0.234 e. The minimum absolute atomic E-state index is 0.113. The van der Waals surface area contributed by atoms with Crippen molar-refractivity contribution in [2.24, 2.45) is 0 Å². The van der Waals surface area contributed by atoms with Gasteiger partial charge in [-0.05, 0) is 50.6 Å². The quantitative estimate of drug-likeness (QED) is 0.846. The molecule has 128 valence electrons. The van der Waals surface area contributed by atoms with E-state index in [9.17, 15) is 9.90 Å². The molecule has 0 radical (unpaired) electrons. The fraction of sp³-hybridized carbons (Fsp3) is 0.632. The Kier molecular flexibility index (Phi) is 6.05. The van der Waals surface area contributed by atoms with Gasteiger partial charge in [0.2, 0.25) is 5.91 Å². The highest BCUT2D eigenvalue weighted by atomic mass is 16.3. The van der Waals surface area contributed by atoms with E-state index in [4.69, 9.17) is 0 Å². The number of phenolic OH excluding ortho intramolecular Hbond substituents is 1. The smallest absolute Gasteiger partial charge is 0.234 e. The summed E-state index contributed by atoms with van der Waals surface area (Å²) in [5, 5.41) is 12.8. The molecule has 4 heteroatoms. The number of carbonyl (C=O) groups is 1. The van der Waals surface area contributed by atoms with Crippen molar-refractivity contribution in [3.05, 3.63) is 29.8 Å². The van der Waals surface area contributed by atoms with Crippen LogP contribution in [0.4, 0.5) is 0 Å². The van der Waals surface area contributed by atoms with Gasteiger partial charge in [0, 0.05) is 11.5 Å². The summed E-state index contributed by atoms with van der Waals surface area (Å²) in [6.45, 7) is 8.58. The molecule has 0 saturated heterocycles. The number of carbonyl (C=O) groups excluding carboxylic acids is 1. The fourth-order valence-electron chi connectivity index (χ4n) is 3.73. The average Bonchev–Trinajstić information content (AvgIpc) is 2.53. The van der Waals surface area contributed by atoms with Crippen molar-refractivity contribution < 1.29 is 9.90 Å². The molecule has 0 heterocycles. The molecule has 1 aromatic rings. The van der Waals surface area contributed by atoms with Crippen LogP contribution in [0.3, 0.4) is 0 Å². The van der Waals surface area contributed by atoms with Crippen LogP contribution in [0.15, 0.2) is 24.3 Å². The lowest BCUT2D eigenvalue weighted by Crippen LogP contribution is -2.54. The minimum Gasteiger partial charge on any atom is -0.508 e. The summed E-state index contributed by atoms with van der Waals surface area (Å²) in [6.07, 6.45) is 4.42. The summed E-state index contributed by atoms with van der Waals surface area (Å²) < 4.78 is 0. The molecule has 1 amide bonds. The predicted octanol–water partition coefficient (Wildman–Crippen LogP) is 3.27. The number of nitrogens with zero attached hydrogens (tertiary/aromatic N) is 1. The van der Waals surface area contributed by atoms with E-state index in [-0.39, 0.29) is 17.2 Å². The van der Waals surface area contributed by atoms with Crippen LogP contribution in [-0.2, 0) is 4.79 Å². The van der Waals surface area contributed by atoms with Crippen LogP contribution < -0.4 is 5.32 Å². The van der Waals surface area contributed by atoms with Gasteiger partial charge in [-0.15, -0.1) is 0 Å². The second-order valence-electron chi connectivity index (χ2n) is 6.82. The molecule has 1 aliphatic rings. The van der Waals surface area contributed by atoms with Crippen molar-refractivity contribution >= 4 is 5.91 Å². The molecule has 1 aliphatic carbocycles. The van der Waals surface area contributed by atoms with Gasteiger partial charge in [0.15, 0.2) is 0 Å². The summed E-state index contributed by atoms with van der Waals surface area (Å²) in [7, 11) is 0. The lowest BCUT2D eigenvalue weighted by Gasteiger charge is -2.43. The first kappa shape index (κ1) is 17.8. The number of hydrogen-bond acceptors (Lipinski definition) is 3. The highest BCUT2D eigenvalue weighted by molar-refractivity contribution is 5.79. The van der Waals surface area contributed by atoms with Crippen molar-refractivity contribution in [2.45, 2.75) is 57.9 Å². The van der Waals surface area contributed by atoms with E-state index >= 15 is 0 Å². The lowest BCUT2D eigenvalue weighted by atomic mass is 9.70. The zero-order valence-corrected chi connectivity index (χ0v) is 14.6. The van der Waals surface area contributed by atoms with Crippen LogP contribution in [0.25, 0.3) is 0 Å². The van der Waals surface area contributed by atoms with Gasteiger partial charge in [-0.1, -0.05) is 38.8 Å². The van der Waals surface area contributed by atoms with Crippen LogP contribution in [0, 0.1) is 0 Å². The van der Waals surface area contributed by atoms with Gasteiger partial charge >= 0.3 is 0 Å². The molecule has 2 atom stereocenters. The van der Waals surface area contributed by atoms with Crippen molar-refractivity contribution in [1.82, 2.24) is 10.2 Å². The Morgan fingerprint density at radius 2 is 1.91 bits per heavy atom. The van der Waals surface area contributed by atoms with Crippen LogP contribution in [0.1, 0.15) is 57.9 Å². The molecule has 2 N–H and O–H groups in total. The predicted molar refractivity (Wildman–Crippen MR) is 93.7 cm³/mol. The Balaban J connectivity index is 2.12. The summed E-state index contributed by atoms with van der Waals surface area (Å²) in [5.41, 5.74) is 0.993. The Hall–Kier alpha value is -1.55. The number of benzene rings is 1. The van der Waals surface area contributed by atoms with E-state index in [2.05, 4.69) is 31.0 Å². The van der Waals surface area contributed by atoms with Gasteiger partial charge in [-0.2, -0.15) is 0 Å². The van der Waals surface area contributed by atoms with Gasteiger partial charge < -0.3 is 10.4 Å². The standard InChI is InChI=1S/C19H30N2O2/c1-4-21(5-2)14-18(23)20-19(3)13-7-6-8-17(19)15-9-11-16(22)12-10-15/h9-12,17,22H,4-8,13-14H2,1-3H3,(H,20,23). The molecule has 1 saturated carbocycles. The molecule has 23 heavy (non-hydrogen) atoms. The Bertz CT molecular complexity index is 511. The first-order valence-corrected chi connectivity index (χ1v) is 8.80. The third kappa shape index (κ3) is 4.47. The van der Waals surface area contributed by atoms with Crippen LogP contribution in [0.5, 0.6) is 5.75 Å². The van der Waals surface area contributed by atoms with Gasteiger partial charge in [0.25, 0.3) is 0 Å². The van der Waals surface area contributed by atoms with Gasteiger partial charge in [-0.3, -0.25) is 9.69 Å². The second-order valence-corrected chi connectivity index (χ2v) is 6.82. The monoisotopic (exact) mass is 318 g/mol. The summed E-state index contributed by atoms with van der Waals surface area (Å²) in [6, 6.07) is 7.45. The van der Waals surface area contributed by atoms with Gasteiger partial charge in [-0.25, -0.2) is 0 Å². The van der Waals surface area contributed by atoms with Crippen molar-refractivity contribution in [3.8, 4) is 5.75 Å². The van der Waals surface area contributed by atoms with E-state index in [1.165, 1.54) is 12.0 Å². The van der Waals surface area contributed by atoms with Crippen LogP contribution in [-0.4, -0.2) is 41.1 Å². The molecule has 0 aromatic heterocycles. The second kappa shape index (κ2) is 7.82. The van der Waals surface area contributed by atoms with E-state index in [0.717, 1.165) is 32.4 Å². The number of phenols is 1. The number of amides is 1. The maximum absolute atomic E-state index is 12.5. The third-order valence-corrected chi connectivity index (χ3v) is 5.19. The SMILES string of the molecule is CCN(CC)CC(=O)NC1(C)CCCCC1c1ccc(O)cc1. The molecule has 0 aliphatic heterocycles. The molecule has 0 spiro atoms. The normalized spacial score (nSPS) is 24.6. The number of aromatic hydroxyl groups is 1. The first-order chi connectivity index (χ1) is 11.0.